The van der Waals surface area contributed by atoms with Gasteiger partial charge in [0.25, 0.3) is 5.69 Å². The molecule has 0 heterocycles. The van der Waals surface area contributed by atoms with Gasteiger partial charge >= 0.3 is 0 Å². The van der Waals surface area contributed by atoms with E-state index >= 15 is 0 Å². The summed E-state index contributed by atoms with van der Waals surface area (Å²) in [5.74, 6) is 6.06. The van der Waals surface area contributed by atoms with E-state index in [1.54, 1.807) is 0 Å². The first kappa shape index (κ1) is 15.7. The number of nitro groups is 1. The molecule has 0 radical (unpaired) electrons. The molecule has 0 amide bonds. The summed E-state index contributed by atoms with van der Waals surface area (Å²) in [6, 6.07) is 3.68. The standard InChI is InChI=1S/C12H18N4O4S/c1-8-5-9(8)7-15(2)21(19,20)12-6-10(14-13)3-4-11(12)16(17)18/h3-4,6,8-9,14H,5,7,13H2,1-2H3. The lowest BCUT2D eigenvalue weighted by Gasteiger charge is -2.17. The molecule has 0 spiro atoms. The molecule has 1 fully saturated rings. The molecule has 0 aliphatic heterocycles. The third-order valence-corrected chi connectivity index (χ3v) is 5.63. The van der Waals surface area contributed by atoms with E-state index in [9.17, 15) is 18.5 Å². The van der Waals surface area contributed by atoms with Crippen LogP contribution in [0.25, 0.3) is 0 Å². The molecular weight excluding hydrogens is 296 g/mol. The fourth-order valence-corrected chi connectivity index (χ4v) is 3.62. The number of hydrogen-bond acceptors (Lipinski definition) is 6. The van der Waals surface area contributed by atoms with E-state index in [2.05, 4.69) is 5.43 Å². The van der Waals surface area contributed by atoms with Crippen molar-refractivity contribution in [3.8, 4) is 0 Å². The van der Waals surface area contributed by atoms with Crippen molar-refractivity contribution in [2.45, 2.75) is 18.2 Å². The first-order chi connectivity index (χ1) is 9.77. The Kier molecular flexibility index (Phi) is 4.17. The summed E-state index contributed by atoms with van der Waals surface area (Å²) in [5, 5.41) is 11.0. The molecule has 0 aromatic heterocycles. The molecule has 2 unspecified atom stereocenters. The zero-order chi connectivity index (χ0) is 15.8. The highest BCUT2D eigenvalue weighted by Gasteiger charge is 2.38. The minimum Gasteiger partial charge on any atom is -0.324 e. The van der Waals surface area contributed by atoms with E-state index < -0.39 is 20.6 Å². The highest BCUT2D eigenvalue weighted by molar-refractivity contribution is 7.89. The molecule has 3 N–H and O–H groups in total. The van der Waals surface area contributed by atoms with Crippen LogP contribution in [0.3, 0.4) is 0 Å². The molecule has 8 nitrogen and oxygen atoms in total. The van der Waals surface area contributed by atoms with E-state index in [-0.39, 0.29) is 4.90 Å². The van der Waals surface area contributed by atoms with Crippen LogP contribution in [0.4, 0.5) is 11.4 Å². The molecule has 1 aliphatic carbocycles. The topological polar surface area (TPSA) is 119 Å². The number of benzene rings is 1. The zero-order valence-electron chi connectivity index (χ0n) is 11.8. The number of hydrogen-bond donors (Lipinski definition) is 2. The summed E-state index contributed by atoms with van der Waals surface area (Å²) in [6.45, 7) is 2.41. The lowest BCUT2D eigenvalue weighted by molar-refractivity contribution is -0.387. The van der Waals surface area contributed by atoms with Crippen LogP contribution < -0.4 is 11.3 Å². The molecule has 2 atom stereocenters. The molecule has 116 valence electrons. The summed E-state index contributed by atoms with van der Waals surface area (Å²) in [7, 11) is -2.49. The maximum Gasteiger partial charge on any atom is 0.289 e. The number of nitrogens with zero attached hydrogens (tertiary/aromatic N) is 2. The Morgan fingerprint density at radius 3 is 2.62 bits per heavy atom. The Bertz CT molecular complexity index is 661. The summed E-state index contributed by atoms with van der Waals surface area (Å²) < 4.78 is 26.3. The van der Waals surface area contributed by atoms with Crippen LogP contribution in [0.1, 0.15) is 13.3 Å². The maximum absolute atomic E-state index is 12.5. The van der Waals surface area contributed by atoms with Crippen molar-refractivity contribution in [2.24, 2.45) is 17.7 Å². The monoisotopic (exact) mass is 314 g/mol. The van der Waals surface area contributed by atoms with E-state index in [1.807, 2.05) is 6.92 Å². The van der Waals surface area contributed by atoms with Crippen LogP contribution >= 0.6 is 0 Å². The second-order valence-corrected chi connectivity index (χ2v) is 7.36. The average Bonchev–Trinajstić information content (AvgIpc) is 3.13. The summed E-state index contributed by atoms with van der Waals surface area (Å²) in [4.78, 5) is 9.99. The van der Waals surface area contributed by atoms with Gasteiger partial charge in [0.1, 0.15) is 0 Å². The normalized spacial score (nSPS) is 21.3. The fraction of sp³-hybridized carbons (Fsp3) is 0.500. The highest BCUT2D eigenvalue weighted by atomic mass is 32.2. The fourth-order valence-electron chi connectivity index (χ4n) is 2.21. The molecular formula is C12H18N4O4S. The van der Waals surface area contributed by atoms with Gasteiger partial charge in [0.05, 0.1) is 10.6 Å². The van der Waals surface area contributed by atoms with Crippen LogP contribution in [0, 0.1) is 22.0 Å². The van der Waals surface area contributed by atoms with Gasteiger partial charge in [-0.3, -0.25) is 16.0 Å². The molecule has 21 heavy (non-hydrogen) atoms. The van der Waals surface area contributed by atoms with Crippen molar-refractivity contribution in [1.82, 2.24) is 4.31 Å². The molecule has 1 aromatic rings. The first-order valence-corrected chi connectivity index (χ1v) is 7.92. The predicted molar refractivity (Wildman–Crippen MR) is 78.0 cm³/mol. The van der Waals surface area contributed by atoms with E-state index in [4.69, 9.17) is 5.84 Å². The number of rotatable bonds is 6. The van der Waals surface area contributed by atoms with Gasteiger partial charge in [-0.15, -0.1) is 0 Å². The number of hydrazine groups is 1. The average molecular weight is 314 g/mol. The Morgan fingerprint density at radius 1 is 1.52 bits per heavy atom. The van der Waals surface area contributed by atoms with Crippen LogP contribution in [0.15, 0.2) is 23.1 Å². The highest BCUT2D eigenvalue weighted by Crippen LogP contribution is 2.39. The van der Waals surface area contributed by atoms with Gasteiger partial charge in [0.2, 0.25) is 10.0 Å². The molecule has 2 rings (SSSR count). The molecule has 9 heteroatoms. The smallest absolute Gasteiger partial charge is 0.289 e. The summed E-state index contributed by atoms with van der Waals surface area (Å²) >= 11 is 0. The largest absolute Gasteiger partial charge is 0.324 e. The van der Waals surface area contributed by atoms with Crippen molar-refractivity contribution in [1.29, 1.82) is 0 Å². The number of nitrogens with two attached hydrogens (primary N) is 1. The second kappa shape index (κ2) is 5.58. The third-order valence-electron chi connectivity index (χ3n) is 3.78. The summed E-state index contributed by atoms with van der Waals surface area (Å²) in [5.41, 5.74) is 2.14. The first-order valence-electron chi connectivity index (χ1n) is 6.48. The van der Waals surface area contributed by atoms with Crippen LogP contribution in [-0.2, 0) is 10.0 Å². The molecule has 1 aromatic carbocycles. The Morgan fingerprint density at radius 2 is 2.14 bits per heavy atom. The number of nitro benzene ring substituents is 1. The van der Waals surface area contributed by atoms with Gasteiger partial charge in [-0.05, 0) is 30.4 Å². The Balaban J connectivity index is 2.39. The maximum atomic E-state index is 12.5. The van der Waals surface area contributed by atoms with Crippen molar-refractivity contribution < 1.29 is 13.3 Å². The van der Waals surface area contributed by atoms with Gasteiger partial charge < -0.3 is 5.43 Å². The molecule has 0 saturated heterocycles. The minimum atomic E-state index is -3.93. The Labute approximate surface area is 123 Å². The van der Waals surface area contributed by atoms with Crippen molar-refractivity contribution in [2.75, 3.05) is 19.0 Å². The molecule has 0 bridgehead atoms. The van der Waals surface area contributed by atoms with E-state index in [0.717, 1.165) is 12.5 Å². The second-order valence-electron chi connectivity index (χ2n) is 5.34. The third kappa shape index (κ3) is 3.14. The number of nitrogens with one attached hydrogen (secondary N) is 1. The van der Waals surface area contributed by atoms with Crippen LogP contribution in [0.5, 0.6) is 0 Å². The molecule has 1 saturated carbocycles. The summed E-state index contributed by atoms with van der Waals surface area (Å²) in [6.07, 6.45) is 0.979. The van der Waals surface area contributed by atoms with Gasteiger partial charge in [-0.25, -0.2) is 12.7 Å². The minimum absolute atomic E-state index is 0.298. The van der Waals surface area contributed by atoms with Gasteiger partial charge in [-0.2, -0.15) is 0 Å². The SMILES string of the molecule is CC1CC1CN(C)S(=O)(=O)c1cc(NN)ccc1[N+](=O)[O-]. The Hall–Kier alpha value is -1.71. The van der Waals surface area contributed by atoms with Gasteiger partial charge in [0, 0.05) is 19.7 Å². The quantitative estimate of drug-likeness (QED) is 0.462. The lowest BCUT2D eigenvalue weighted by Crippen LogP contribution is -2.30. The van der Waals surface area contributed by atoms with Crippen molar-refractivity contribution in [3.05, 3.63) is 28.3 Å². The van der Waals surface area contributed by atoms with Gasteiger partial charge in [-0.1, -0.05) is 6.92 Å². The van der Waals surface area contributed by atoms with Crippen molar-refractivity contribution in [3.63, 3.8) is 0 Å². The zero-order valence-corrected chi connectivity index (χ0v) is 12.6. The van der Waals surface area contributed by atoms with Crippen LogP contribution in [-0.4, -0.2) is 31.2 Å². The van der Waals surface area contributed by atoms with Gasteiger partial charge in [0.15, 0.2) is 4.90 Å². The van der Waals surface area contributed by atoms with E-state index in [0.29, 0.717) is 24.1 Å². The number of anilines is 1. The number of nitrogen functional groups attached to an aromatic ring is 1. The van der Waals surface area contributed by atoms with Crippen molar-refractivity contribution >= 4 is 21.4 Å². The number of sulfonamides is 1. The van der Waals surface area contributed by atoms with Crippen LogP contribution in [0.2, 0.25) is 0 Å². The molecule has 1 aliphatic rings. The van der Waals surface area contributed by atoms with E-state index in [1.165, 1.54) is 23.5 Å². The predicted octanol–water partition coefficient (Wildman–Crippen LogP) is 1.16. The lowest BCUT2D eigenvalue weighted by atomic mass is 10.3.